The van der Waals surface area contributed by atoms with Gasteiger partial charge >= 0.3 is 0 Å². The second-order valence-corrected chi connectivity index (χ2v) is 9.79. The lowest BCUT2D eigenvalue weighted by Crippen LogP contribution is -2.52. The molecule has 1 atom stereocenters. The third-order valence-electron chi connectivity index (χ3n) is 5.88. The molecule has 6 heteroatoms. The van der Waals surface area contributed by atoms with E-state index in [1.165, 1.54) is 0 Å². The van der Waals surface area contributed by atoms with Gasteiger partial charge in [-0.3, -0.25) is 9.59 Å². The van der Waals surface area contributed by atoms with Crippen LogP contribution in [0.2, 0.25) is 0 Å². The Morgan fingerprint density at radius 3 is 2.34 bits per heavy atom. The molecule has 0 aliphatic carbocycles. The van der Waals surface area contributed by atoms with Crippen LogP contribution in [0.1, 0.15) is 36.5 Å². The maximum Gasteiger partial charge on any atom is 0.261 e. The van der Waals surface area contributed by atoms with E-state index in [9.17, 15) is 9.59 Å². The van der Waals surface area contributed by atoms with Crippen LogP contribution in [-0.2, 0) is 22.6 Å². The Balaban J connectivity index is 1.88. The van der Waals surface area contributed by atoms with E-state index in [2.05, 4.69) is 34.8 Å². The van der Waals surface area contributed by atoms with E-state index in [-0.39, 0.29) is 18.4 Å². The molecule has 0 aliphatic rings. The highest BCUT2D eigenvalue weighted by Crippen LogP contribution is 2.18. The van der Waals surface area contributed by atoms with E-state index in [0.29, 0.717) is 25.3 Å². The van der Waals surface area contributed by atoms with Crippen LogP contribution >= 0.6 is 22.6 Å². The molecule has 3 aromatic rings. The molecular formula is C29H33IN2O3. The summed E-state index contributed by atoms with van der Waals surface area (Å²) in [5.41, 5.74) is 3.09. The lowest BCUT2D eigenvalue weighted by Gasteiger charge is -2.32. The fourth-order valence-corrected chi connectivity index (χ4v) is 4.15. The summed E-state index contributed by atoms with van der Waals surface area (Å²) in [5.74, 6) is 0.262. The number of rotatable bonds is 12. The zero-order valence-corrected chi connectivity index (χ0v) is 22.5. The first-order chi connectivity index (χ1) is 17.0. The molecular weight excluding hydrogens is 551 g/mol. The molecule has 0 saturated carbocycles. The molecule has 5 nitrogen and oxygen atoms in total. The van der Waals surface area contributed by atoms with Crippen LogP contribution < -0.4 is 10.1 Å². The zero-order valence-electron chi connectivity index (χ0n) is 20.4. The Labute approximate surface area is 222 Å². The van der Waals surface area contributed by atoms with E-state index in [1.807, 2.05) is 85.8 Å². The highest BCUT2D eigenvalue weighted by atomic mass is 127. The van der Waals surface area contributed by atoms with Gasteiger partial charge in [0, 0.05) is 23.1 Å². The second kappa shape index (κ2) is 13.9. The summed E-state index contributed by atoms with van der Waals surface area (Å²) in [5, 5.41) is 3.05. The van der Waals surface area contributed by atoms with Gasteiger partial charge in [-0.2, -0.15) is 0 Å². The van der Waals surface area contributed by atoms with Gasteiger partial charge in [0.25, 0.3) is 5.91 Å². The van der Waals surface area contributed by atoms with Crippen LogP contribution in [0.15, 0.2) is 78.9 Å². The smallest absolute Gasteiger partial charge is 0.261 e. The summed E-state index contributed by atoms with van der Waals surface area (Å²) in [6.45, 7) is 4.89. The molecule has 3 aromatic carbocycles. The van der Waals surface area contributed by atoms with Crippen LogP contribution in [0.4, 0.5) is 0 Å². The summed E-state index contributed by atoms with van der Waals surface area (Å²) in [4.78, 5) is 28.7. The van der Waals surface area contributed by atoms with Crippen molar-refractivity contribution in [3.05, 3.63) is 99.1 Å². The molecule has 0 bridgehead atoms. The highest BCUT2D eigenvalue weighted by Gasteiger charge is 2.30. The largest absolute Gasteiger partial charge is 0.484 e. The lowest BCUT2D eigenvalue weighted by atomic mass is 10.0. The number of carbonyl (C=O) groups excluding carboxylic acids is 2. The fourth-order valence-electron chi connectivity index (χ4n) is 3.79. The summed E-state index contributed by atoms with van der Waals surface area (Å²) in [6.07, 6.45) is 2.31. The number of ether oxygens (including phenoxy) is 1. The van der Waals surface area contributed by atoms with Crippen LogP contribution in [0.5, 0.6) is 5.75 Å². The first-order valence-corrected chi connectivity index (χ1v) is 13.1. The Morgan fingerprint density at radius 2 is 1.66 bits per heavy atom. The van der Waals surface area contributed by atoms with Gasteiger partial charge in [0.05, 0.1) is 0 Å². The highest BCUT2D eigenvalue weighted by molar-refractivity contribution is 14.1. The molecule has 0 aromatic heterocycles. The second-order valence-electron chi connectivity index (χ2n) is 8.54. The number of nitrogens with zero attached hydrogens (tertiary/aromatic N) is 1. The number of nitrogens with one attached hydrogen (secondary N) is 1. The molecule has 184 valence electrons. The van der Waals surface area contributed by atoms with Gasteiger partial charge in [-0.05, 0) is 76.9 Å². The van der Waals surface area contributed by atoms with Gasteiger partial charge in [-0.25, -0.2) is 0 Å². The Hall–Kier alpha value is -2.87. The Bertz CT molecular complexity index is 1090. The van der Waals surface area contributed by atoms with Gasteiger partial charge in [0.2, 0.25) is 5.91 Å². The number of carbonyl (C=O) groups is 2. The predicted molar refractivity (Wildman–Crippen MR) is 148 cm³/mol. The third kappa shape index (κ3) is 8.38. The topological polar surface area (TPSA) is 58.6 Å². The summed E-state index contributed by atoms with van der Waals surface area (Å²) in [6, 6.07) is 24.7. The normalized spacial score (nSPS) is 11.5. The molecule has 0 heterocycles. The monoisotopic (exact) mass is 584 g/mol. The van der Waals surface area contributed by atoms with E-state index in [0.717, 1.165) is 33.1 Å². The molecule has 0 radical (unpaired) electrons. The van der Waals surface area contributed by atoms with E-state index < -0.39 is 6.04 Å². The minimum Gasteiger partial charge on any atom is -0.484 e. The van der Waals surface area contributed by atoms with E-state index in [1.54, 1.807) is 4.90 Å². The maximum absolute atomic E-state index is 13.6. The average Bonchev–Trinajstić information content (AvgIpc) is 2.87. The standard InChI is InChI=1S/C29H33IN2O3/c1-3-4-18-31-29(34)27(19-23-11-6-5-7-12-23)32(20-24-13-9-8-10-22(24)2)28(33)21-35-26-16-14-25(30)15-17-26/h5-17,27H,3-4,18-21H2,1-2H3,(H,31,34)/t27-/m1/s1. The number of amides is 2. The number of benzene rings is 3. The first-order valence-electron chi connectivity index (χ1n) is 12.0. The first kappa shape index (κ1) is 26.7. The molecule has 0 fully saturated rings. The van der Waals surface area contributed by atoms with Gasteiger partial charge < -0.3 is 15.0 Å². The molecule has 2 amide bonds. The summed E-state index contributed by atoms with van der Waals surface area (Å²) >= 11 is 2.23. The van der Waals surface area contributed by atoms with Gasteiger partial charge in [0.15, 0.2) is 6.61 Å². The van der Waals surface area contributed by atoms with Crippen LogP contribution in [0, 0.1) is 10.5 Å². The van der Waals surface area contributed by atoms with Crippen LogP contribution in [0.25, 0.3) is 0 Å². The van der Waals surface area contributed by atoms with Crippen molar-refractivity contribution in [3.63, 3.8) is 0 Å². The third-order valence-corrected chi connectivity index (χ3v) is 6.60. The molecule has 0 unspecified atom stereocenters. The SMILES string of the molecule is CCCCNC(=O)[C@@H](Cc1ccccc1)N(Cc1ccccc1C)C(=O)COc1ccc(I)cc1. The molecule has 0 saturated heterocycles. The summed E-state index contributed by atoms with van der Waals surface area (Å²) in [7, 11) is 0. The van der Waals surface area contributed by atoms with Gasteiger partial charge in [0.1, 0.15) is 11.8 Å². The van der Waals surface area contributed by atoms with Crippen molar-refractivity contribution in [2.45, 2.75) is 45.7 Å². The number of halogens is 1. The number of aryl methyl sites for hydroxylation is 1. The van der Waals surface area contributed by atoms with Crippen molar-refractivity contribution in [1.29, 1.82) is 0 Å². The van der Waals surface area contributed by atoms with Gasteiger partial charge in [-0.1, -0.05) is 67.9 Å². The Kier molecular flexibility index (Phi) is 10.6. The van der Waals surface area contributed by atoms with Gasteiger partial charge in [-0.15, -0.1) is 0 Å². The quantitative estimate of drug-likeness (QED) is 0.225. The van der Waals surface area contributed by atoms with Crippen molar-refractivity contribution in [2.75, 3.05) is 13.2 Å². The molecule has 0 aliphatic heterocycles. The number of hydrogen-bond donors (Lipinski definition) is 1. The van der Waals surface area contributed by atoms with Crippen molar-refractivity contribution in [3.8, 4) is 5.75 Å². The van der Waals surface area contributed by atoms with Crippen molar-refractivity contribution in [2.24, 2.45) is 0 Å². The average molecular weight is 584 g/mol. The van der Waals surface area contributed by atoms with Crippen molar-refractivity contribution >= 4 is 34.4 Å². The molecule has 35 heavy (non-hydrogen) atoms. The summed E-state index contributed by atoms with van der Waals surface area (Å²) < 4.78 is 6.92. The molecule has 0 spiro atoms. The lowest BCUT2D eigenvalue weighted by molar-refractivity contribution is -0.142. The number of hydrogen-bond acceptors (Lipinski definition) is 3. The number of unbranched alkanes of at least 4 members (excludes halogenated alkanes) is 1. The minimum atomic E-state index is -0.651. The molecule has 1 N–H and O–H groups in total. The van der Waals surface area contributed by atoms with Crippen molar-refractivity contribution < 1.29 is 14.3 Å². The molecule has 3 rings (SSSR count). The predicted octanol–water partition coefficient (Wildman–Crippen LogP) is 5.53. The maximum atomic E-state index is 13.6. The van der Waals surface area contributed by atoms with E-state index in [4.69, 9.17) is 4.74 Å². The zero-order chi connectivity index (χ0) is 25.0. The fraction of sp³-hybridized carbons (Fsp3) is 0.310. The van der Waals surface area contributed by atoms with E-state index >= 15 is 0 Å². The Morgan fingerprint density at radius 1 is 0.971 bits per heavy atom. The van der Waals surface area contributed by atoms with Crippen molar-refractivity contribution in [1.82, 2.24) is 10.2 Å². The minimum absolute atomic E-state index is 0.139. The van der Waals surface area contributed by atoms with Crippen LogP contribution in [-0.4, -0.2) is 35.9 Å². The van der Waals surface area contributed by atoms with Crippen LogP contribution in [0.3, 0.4) is 0 Å².